The van der Waals surface area contributed by atoms with Crippen LogP contribution in [0.15, 0.2) is 73.1 Å². The van der Waals surface area contributed by atoms with Crippen molar-refractivity contribution in [3.05, 3.63) is 84.3 Å². The fourth-order valence-corrected chi connectivity index (χ4v) is 4.48. The minimum atomic E-state index is 0.372. The van der Waals surface area contributed by atoms with Crippen molar-refractivity contribution in [1.82, 2.24) is 14.4 Å². The third-order valence-corrected chi connectivity index (χ3v) is 5.77. The maximum absolute atomic E-state index is 6.34. The van der Waals surface area contributed by atoms with Crippen LogP contribution in [0.5, 0.6) is 0 Å². The average Bonchev–Trinajstić information content (AvgIpc) is 3.07. The highest BCUT2D eigenvalue weighted by atomic mass is 15.0. The summed E-state index contributed by atoms with van der Waals surface area (Å²) in [7, 11) is 0. The molecular weight excluding hydrogens is 368 g/mol. The molecule has 0 aliphatic carbocycles. The third kappa shape index (κ3) is 2.84. The summed E-state index contributed by atoms with van der Waals surface area (Å²) < 4.78 is 2.19. The Morgan fingerprint density at radius 2 is 1.70 bits per heavy atom. The van der Waals surface area contributed by atoms with Gasteiger partial charge in [-0.05, 0) is 36.1 Å². The van der Waals surface area contributed by atoms with Gasteiger partial charge in [0.15, 0.2) is 0 Å². The summed E-state index contributed by atoms with van der Waals surface area (Å²) in [6.07, 6.45) is 3.77. The van der Waals surface area contributed by atoms with E-state index in [0.717, 1.165) is 38.8 Å². The molecule has 3 heterocycles. The topological polar surface area (TPSA) is 56.2 Å². The minimum absolute atomic E-state index is 0.372. The van der Waals surface area contributed by atoms with Crippen LogP contribution < -0.4 is 5.73 Å². The third-order valence-electron chi connectivity index (χ3n) is 5.77. The van der Waals surface area contributed by atoms with Crippen LogP contribution in [0, 0.1) is 6.92 Å². The molecule has 0 saturated heterocycles. The molecule has 0 amide bonds. The van der Waals surface area contributed by atoms with E-state index in [9.17, 15) is 0 Å². The van der Waals surface area contributed by atoms with Crippen molar-refractivity contribution < 1.29 is 0 Å². The van der Waals surface area contributed by atoms with Crippen LogP contribution in [0.3, 0.4) is 0 Å². The molecule has 2 aromatic carbocycles. The maximum atomic E-state index is 6.34. The fraction of sp³-hybridized carbons (Fsp3) is 0.154. The van der Waals surface area contributed by atoms with Crippen molar-refractivity contribution >= 4 is 22.2 Å². The lowest BCUT2D eigenvalue weighted by atomic mass is 9.97. The summed E-state index contributed by atoms with van der Waals surface area (Å²) in [5.41, 5.74) is 15.1. The quantitative estimate of drug-likeness (QED) is 0.396. The molecule has 30 heavy (non-hydrogen) atoms. The van der Waals surface area contributed by atoms with Gasteiger partial charge in [0, 0.05) is 34.6 Å². The van der Waals surface area contributed by atoms with E-state index < -0.39 is 0 Å². The molecule has 0 aliphatic rings. The zero-order chi connectivity index (χ0) is 20.8. The molecular formula is C26H24N4. The molecule has 0 aliphatic heterocycles. The number of nitrogens with two attached hydrogens (primary N) is 1. The number of rotatable bonds is 3. The number of hydrogen-bond acceptors (Lipinski definition) is 3. The second-order valence-electron chi connectivity index (χ2n) is 8.04. The molecule has 0 spiro atoms. The molecule has 0 saturated carbocycles. The molecule has 2 N–H and O–H groups in total. The molecule has 148 valence electrons. The van der Waals surface area contributed by atoms with Crippen molar-refractivity contribution in [2.24, 2.45) is 0 Å². The summed E-state index contributed by atoms with van der Waals surface area (Å²) in [5, 5.41) is 1.12. The highest BCUT2D eigenvalue weighted by molar-refractivity contribution is 5.95. The number of aromatic nitrogens is 3. The zero-order valence-electron chi connectivity index (χ0n) is 17.4. The van der Waals surface area contributed by atoms with Crippen molar-refractivity contribution in [1.29, 1.82) is 0 Å². The first-order chi connectivity index (χ1) is 14.5. The van der Waals surface area contributed by atoms with E-state index in [2.05, 4.69) is 72.6 Å². The van der Waals surface area contributed by atoms with Crippen molar-refractivity contribution in [3.8, 4) is 22.4 Å². The van der Waals surface area contributed by atoms with E-state index >= 15 is 0 Å². The summed E-state index contributed by atoms with van der Waals surface area (Å²) >= 11 is 0. The zero-order valence-corrected chi connectivity index (χ0v) is 17.4. The van der Waals surface area contributed by atoms with Crippen LogP contribution in [0.25, 0.3) is 38.8 Å². The van der Waals surface area contributed by atoms with Crippen LogP contribution in [-0.2, 0) is 0 Å². The van der Waals surface area contributed by atoms with E-state index in [1.54, 1.807) is 6.20 Å². The van der Waals surface area contributed by atoms with Gasteiger partial charge in [-0.25, -0.2) is 9.97 Å². The smallest absolute Gasteiger partial charge is 0.148 e. The predicted octanol–water partition coefficient (Wildman–Crippen LogP) is 6.23. The van der Waals surface area contributed by atoms with Crippen LogP contribution in [0.2, 0.25) is 0 Å². The molecule has 0 fully saturated rings. The van der Waals surface area contributed by atoms with Crippen LogP contribution in [0.1, 0.15) is 31.0 Å². The van der Waals surface area contributed by atoms with Crippen LogP contribution in [0.4, 0.5) is 5.82 Å². The standard InChI is InChI=1S/C26H24N4/c1-16(2)24-17(3)23(25-26(27)28-13-14-30(24)25)20-10-9-19-11-12-21(29-22(19)15-20)18-7-5-4-6-8-18/h4-16H,1-3H3,(H2,27,28). The van der Waals surface area contributed by atoms with Gasteiger partial charge in [0.1, 0.15) is 5.82 Å². The van der Waals surface area contributed by atoms with Crippen LogP contribution >= 0.6 is 0 Å². The largest absolute Gasteiger partial charge is 0.382 e. The molecule has 4 nitrogen and oxygen atoms in total. The first-order valence-electron chi connectivity index (χ1n) is 10.3. The van der Waals surface area contributed by atoms with Gasteiger partial charge in [0.2, 0.25) is 0 Å². The normalized spacial score (nSPS) is 11.6. The minimum Gasteiger partial charge on any atom is -0.382 e. The van der Waals surface area contributed by atoms with Crippen molar-refractivity contribution in [2.45, 2.75) is 26.7 Å². The van der Waals surface area contributed by atoms with Crippen molar-refractivity contribution in [3.63, 3.8) is 0 Å². The Hall–Kier alpha value is -3.66. The van der Waals surface area contributed by atoms with Gasteiger partial charge >= 0.3 is 0 Å². The number of fused-ring (bicyclic) bond motifs is 2. The predicted molar refractivity (Wildman–Crippen MR) is 125 cm³/mol. The summed E-state index contributed by atoms with van der Waals surface area (Å²) in [6, 6.07) is 20.9. The molecule has 4 heteroatoms. The summed E-state index contributed by atoms with van der Waals surface area (Å²) in [6.45, 7) is 6.60. The van der Waals surface area contributed by atoms with Gasteiger partial charge in [-0.15, -0.1) is 0 Å². The average molecular weight is 393 g/mol. The number of hydrogen-bond donors (Lipinski definition) is 1. The second kappa shape index (κ2) is 6.99. The van der Waals surface area contributed by atoms with E-state index in [-0.39, 0.29) is 0 Å². The number of anilines is 1. The monoisotopic (exact) mass is 392 g/mol. The number of nitrogen functional groups attached to an aromatic ring is 1. The van der Waals surface area contributed by atoms with Gasteiger partial charge in [-0.2, -0.15) is 0 Å². The van der Waals surface area contributed by atoms with Gasteiger partial charge in [0.25, 0.3) is 0 Å². The lowest BCUT2D eigenvalue weighted by Crippen LogP contribution is -1.99. The van der Waals surface area contributed by atoms with Crippen molar-refractivity contribution in [2.75, 3.05) is 5.73 Å². The van der Waals surface area contributed by atoms with Gasteiger partial charge in [-0.3, -0.25) is 0 Å². The number of nitrogens with zero attached hydrogens (tertiary/aromatic N) is 3. The highest BCUT2D eigenvalue weighted by Crippen LogP contribution is 2.38. The Bertz CT molecular complexity index is 1380. The Morgan fingerprint density at radius 3 is 2.47 bits per heavy atom. The number of pyridine rings is 1. The summed E-state index contributed by atoms with van der Waals surface area (Å²) in [5.74, 6) is 0.921. The summed E-state index contributed by atoms with van der Waals surface area (Å²) in [4.78, 5) is 9.32. The Balaban J connectivity index is 1.76. The fourth-order valence-electron chi connectivity index (χ4n) is 4.48. The molecule has 5 aromatic rings. The lowest BCUT2D eigenvalue weighted by Gasteiger charge is -2.08. The SMILES string of the molecule is Cc1c(-c2ccc3ccc(-c4ccccc4)nc3c2)c2c(N)nccn2c1C(C)C. The maximum Gasteiger partial charge on any atom is 0.148 e. The molecule has 5 rings (SSSR count). The highest BCUT2D eigenvalue weighted by Gasteiger charge is 2.21. The molecule has 0 atom stereocenters. The van der Waals surface area contributed by atoms with Gasteiger partial charge in [-0.1, -0.05) is 62.4 Å². The lowest BCUT2D eigenvalue weighted by molar-refractivity contribution is 0.799. The van der Waals surface area contributed by atoms with E-state index in [4.69, 9.17) is 10.7 Å². The van der Waals surface area contributed by atoms with E-state index in [0.29, 0.717) is 11.7 Å². The Kier molecular flexibility index (Phi) is 4.28. The molecule has 3 aromatic heterocycles. The Morgan fingerprint density at radius 1 is 0.933 bits per heavy atom. The molecule has 0 bridgehead atoms. The number of benzene rings is 2. The first kappa shape index (κ1) is 18.4. The first-order valence-corrected chi connectivity index (χ1v) is 10.3. The van der Waals surface area contributed by atoms with E-state index in [1.807, 2.05) is 24.4 Å². The van der Waals surface area contributed by atoms with Gasteiger partial charge in [0.05, 0.1) is 16.7 Å². The van der Waals surface area contributed by atoms with E-state index in [1.165, 1.54) is 11.3 Å². The molecule has 0 unspecified atom stereocenters. The van der Waals surface area contributed by atoms with Crippen LogP contribution in [-0.4, -0.2) is 14.4 Å². The van der Waals surface area contributed by atoms with Gasteiger partial charge < -0.3 is 10.1 Å². The Labute approximate surface area is 176 Å². The molecule has 0 radical (unpaired) electrons. The second-order valence-corrected chi connectivity index (χ2v) is 8.04.